The van der Waals surface area contributed by atoms with E-state index in [-0.39, 0.29) is 5.41 Å². The number of pyridine rings is 1. The summed E-state index contributed by atoms with van der Waals surface area (Å²) in [4.78, 5) is 6.63. The van der Waals surface area contributed by atoms with Gasteiger partial charge in [-0.05, 0) is 49.7 Å². The van der Waals surface area contributed by atoms with E-state index < -0.39 is 6.67 Å². The van der Waals surface area contributed by atoms with Gasteiger partial charge in [0.1, 0.15) is 6.67 Å². The molecule has 3 aromatic rings. The van der Waals surface area contributed by atoms with E-state index in [1.54, 1.807) is 6.07 Å². The van der Waals surface area contributed by atoms with Crippen LogP contribution in [0.15, 0.2) is 36.5 Å². The Bertz CT molecular complexity index is 969. The first-order chi connectivity index (χ1) is 12.9. The first kappa shape index (κ1) is 18.2. The van der Waals surface area contributed by atoms with E-state index in [2.05, 4.69) is 60.5 Å². The summed E-state index contributed by atoms with van der Waals surface area (Å²) in [6.45, 7) is 9.33. The molecular formula is C23H28FN3. The van der Waals surface area contributed by atoms with Crippen LogP contribution in [0.2, 0.25) is 0 Å². The summed E-state index contributed by atoms with van der Waals surface area (Å²) in [5.41, 5.74) is 7.32. The van der Waals surface area contributed by atoms with Gasteiger partial charge in [0.15, 0.2) is 0 Å². The lowest BCUT2D eigenvalue weighted by Gasteiger charge is -2.37. The van der Waals surface area contributed by atoms with Gasteiger partial charge in [-0.1, -0.05) is 31.5 Å². The minimum absolute atomic E-state index is 0.103. The molecule has 1 aliphatic heterocycles. The molecule has 0 bridgehead atoms. The van der Waals surface area contributed by atoms with Gasteiger partial charge in [-0.15, -0.1) is 0 Å². The summed E-state index contributed by atoms with van der Waals surface area (Å²) in [5, 5.41) is 1.38. The van der Waals surface area contributed by atoms with Crippen LogP contribution in [0.1, 0.15) is 41.9 Å². The quantitative estimate of drug-likeness (QED) is 0.663. The maximum atomic E-state index is 12.7. The average molecular weight is 365 g/mol. The van der Waals surface area contributed by atoms with Gasteiger partial charge in [-0.2, -0.15) is 0 Å². The standard InChI is InChI=1S/C23H28FN3/c1-16-5-8-21-19(11-16)20-14-26(4)15-23(2,3)22(20)27(21)10-9-17-6-7-18(12-24)25-13-17/h5-8,11,13H,9-10,12,14-15H2,1-4H3. The molecule has 0 aliphatic carbocycles. The monoisotopic (exact) mass is 365 g/mol. The first-order valence-electron chi connectivity index (χ1n) is 9.69. The maximum absolute atomic E-state index is 12.7. The lowest BCUT2D eigenvalue weighted by Crippen LogP contribution is -2.41. The SMILES string of the molecule is Cc1ccc2c(c1)c1c(n2CCc2ccc(CF)nc2)C(C)(C)CN(C)C1. The average Bonchev–Trinajstić information content (AvgIpc) is 2.93. The number of alkyl halides is 1. The van der Waals surface area contributed by atoms with Gasteiger partial charge in [0.05, 0.1) is 5.69 Å². The summed E-state index contributed by atoms with van der Waals surface area (Å²) < 4.78 is 15.2. The predicted octanol–water partition coefficient (Wildman–Crippen LogP) is 4.78. The highest BCUT2D eigenvalue weighted by molar-refractivity contribution is 5.87. The van der Waals surface area contributed by atoms with Crippen molar-refractivity contribution in [1.29, 1.82) is 0 Å². The van der Waals surface area contributed by atoms with Gasteiger partial charge in [0.25, 0.3) is 0 Å². The summed E-state index contributed by atoms with van der Waals surface area (Å²) in [7, 11) is 2.21. The third kappa shape index (κ3) is 3.27. The van der Waals surface area contributed by atoms with Crippen molar-refractivity contribution in [2.75, 3.05) is 13.6 Å². The Labute approximate surface area is 160 Å². The van der Waals surface area contributed by atoms with E-state index in [0.29, 0.717) is 5.69 Å². The van der Waals surface area contributed by atoms with E-state index in [1.807, 2.05) is 12.3 Å². The number of fused-ring (bicyclic) bond motifs is 3. The summed E-state index contributed by atoms with van der Waals surface area (Å²) in [6, 6.07) is 10.6. The Morgan fingerprint density at radius 3 is 2.70 bits per heavy atom. The molecule has 0 radical (unpaired) electrons. The maximum Gasteiger partial charge on any atom is 0.131 e. The number of hydrogen-bond donors (Lipinski definition) is 0. The molecule has 1 aliphatic rings. The van der Waals surface area contributed by atoms with Crippen LogP contribution < -0.4 is 0 Å². The van der Waals surface area contributed by atoms with Crippen LogP contribution in [-0.2, 0) is 31.6 Å². The lowest BCUT2D eigenvalue weighted by atomic mass is 9.82. The van der Waals surface area contributed by atoms with E-state index in [1.165, 1.54) is 27.7 Å². The van der Waals surface area contributed by atoms with Gasteiger partial charge in [0, 0.05) is 47.8 Å². The van der Waals surface area contributed by atoms with Crippen LogP contribution in [0.4, 0.5) is 4.39 Å². The molecule has 142 valence electrons. The summed E-state index contributed by atoms with van der Waals surface area (Å²) in [6.07, 6.45) is 2.71. The molecule has 4 rings (SSSR count). The first-order valence-corrected chi connectivity index (χ1v) is 9.69. The zero-order valence-corrected chi connectivity index (χ0v) is 16.7. The fourth-order valence-electron chi connectivity index (χ4n) is 4.70. The fourth-order valence-corrected chi connectivity index (χ4v) is 4.70. The third-order valence-corrected chi connectivity index (χ3v) is 5.71. The molecule has 0 fully saturated rings. The molecule has 0 spiro atoms. The Balaban J connectivity index is 1.77. The molecule has 0 amide bonds. The Kier molecular flexibility index (Phi) is 4.55. The molecule has 27 heavy (non-hydrogen) atoms. The second kappa shape index (κ2) is 6.75. The minimum Gasteiger partial charge on any atom is -0.343 e. The van der Waals surface area contributed by atoms with Crippen molar-refractivity contribution in [2.45, 2.75) is 52.4 Å². The van der Waals surface area contributed by atoms with Crippen molar-refractivity contribution in [1.82, 2.24) is 14.5 Å². The third-order valence-electron chi connectivity index (χ3n) is 5.71. The highest BCUT2D eigenvalue weighted by Gasteiger charge is 2.35. The van der Waals surface area contributed by atoms with Gasteiger partial charge in [-0.25, -0.2) is 4.39 Å². The Hall–Kier alpha value is -2.20. The van der Waals surface area contributed by atoms with Gasteiger partial charge in [-0.3, -0.25) is 4.98 Å². The largest absolute Gasteiger partial charge is 0.343 e. The van der Waals surface area contributed by atoms with Crippen molar-refractivity contribution in [3.05, 3.63) is 64.6 Å². The number of aryl methyl sites for hydroxylation is 3. The molecule has 0 saturated heterocycles. The molecule has 0 atom stereocenters. The van der Waals surface area contributed by atoms with Gasteiger partial charge >= 0.3 is 0 Å². The second-order valence-corrected chi connectivity index (χ2v) is 8.60. The number of aromatic nitrogens is 2. The molecule has 3 heterocycles. The molecule has 1 aromatic carbocycles. The predicted molar refractivity (Wildman–Crippen MR) is 109 cm³/mol. The number of rotatable bonds is 4. The smallest absolute Gasteiger partial charge is 0.131 e. The highest BCUT2D eigenvalue weighted by atomic mass is 19.1. The number of likely N-dealkylation sites (N-methyl/N-ethyl adjacent to an activating group) is 1. The van der Waals surface area contributed by atoms with Crippen molar-refractivity contribution in [3.8, 4) is 0 Å². The van der Waals surface area contributed by atoms with Crippen molar-refractivity contribution >= 4 is 10.9 Å². The molecular weight excluding hydrogens is 337 g/mol. The molecule has 0 N–H and O–H groups in total. The van der Waals surface area contributed by atoms with Crippen LogP contribution in [-0.4, -0.2) is 28.0 Å². The van der Waals surface area contributed by atoms with Gasteiger partial charge < -0.3 is 9.47 Å². The topological polar surface area (TPSA) is 21.1 Å². The molecule has 0 saturated carbocycles. The van der Waals surface area contributed by atoms with Crippen LogP contribution in [0.25, 0.3) is 10.9 Å². The zero-order chi connectivity index (χ0) is 19.2. The summed E-state index contributed by atoms with van der Waals surface area (Å²) in [5.74, 6) is 0. The number of halogens is 1. The lowest BCUT2D eigenvalue weighted by molar-refractivity contribution is 0.228. The van der Waals surface area contributed by atoms with Crippen LogP contribution in [0, 0.1) is 6.92 Å². The molecule has 4 heteroatoms. The van der Waals surface area contributed by atoms with E-state index in [0.717, 1.165) is 31.6 Å². The number of nitrogens with zero attached hydrogens (tertiary/aromatic N) is 3. The van der Waals surface area contributed by atoms with E-state index in [4.69, 9.17) is 0 Å². The zero-order valence-electron chi connectivity index (χ0n) is 16.7. The normalized spacial score (nSPS) is 16.6. The van der Waals surface area contributed by atoms with Crippen LogP contribution in [0.3, 0.4) is 0 Å². The van der Waals surface area contributed by atoms with E-state index in [9.17, 15) is 4.39 Å². The number of benzene rings is 1. The van der Waals surface area contributed by atoms with Crippen molar-refractivity contribution in [3.63, 3.8) is 0 Å². The van der Waals surface area contributed by atoms with Crippen LogP contribution >= 0.6 is 0 Å². The van der Waals surface area contributed by atoms with E-state index >= 15 is 0 Å². The minimum atomic E-state index is -0.503. The second-order valence-electron chi connectivity index (χ2n) is 8.60. The van der Waals surface area contributed by atoms with Crippen molar-refractivity contribution < 1.29 is 4.39 Å². The fraction of sp³-hybridized carbons (Fsp3) is 0.435. The molecule has 2 aromatic heterocycles. The number of hydrogen-bond acceptors (Lipinski definition) is 2. The Morgan fingerprint density at radius 2 is 2.00 bits per heavy atom. The van der Waals surface area contributed by atoms with Gasteiger partial charge in [0.2, 0.25) is 0 Å². The molecule has 0 unspecified atom stereocenters. The highest BCUT2D eigenvalue weighted by Crippen LogP contribution is 2.39. The summed E-state index contributed by atoms with van der Waals surface area (Å²) >= 11 is 0. The van der Waals surface area contributed by atoms with Crippen LogP contribution in [0.5, 0.6) is 0 Å². The van der Waals surface area contributed by atoms with Crippen molar-refractivity contribution in [2.24, 2.45) is 0 Å². The molecule has 3 nitrogen and oxygen atoms in total. The Morgan fingerprint density at radius 1 is 1.19 bits per heavy atom.